The maximum atomic E-state index is 10.9. The molecule has 1 N–H and O–H groups in total. The van der Waals surface area contributed by atoms with Crippen molar-refractivity contribution in [3.8, 4) is 0 Å². The molecule has 0 aromatic carbocycles. The van der Waals surface area contributed by atoms with Gasteiger partial charge in [-0.1, -0.05) is 48.5 Å². The van der Waals surface area contributed by atoms with Crippen LogP contribution in [0.1, 0.15) is 113 Å². The number of hydrogen-bond donors (Lipinski definition) is 1. The molecule has 6 aliphatic rings. The third-order valence-electron chi connectivity index (χ3n) is 14.4. The fourth-order valence-corrected chi connectivity index (χ4v) is 12.1. The van der Waals surface area contributed by atoms with E-state index in [1.165, 1.54) is 51.4 Å². The number of ether oxygens (including phenoxy) is 1. The van der Waals surface area contributed by atoms with Gasteiger partial charge in [-0.2, -0.15) is 0 Å². The smallest absolute Gasteiger partial charge is 0.0948 e. The highest BCUT2D eigenvalue weighted by Crippen LogP contribution is 2.78. The number of hydrogen-bond acceptors (Lipinski definition) is 2. The summed E-state index contributed by atoms with van der Waals surface area (Å²) < 4.78 is 6.38. The normalized spacial score (nSPS) is 65.0. The molecule has 0 spiro atoms. The molecule has 2 heteroatoms. The summed E-state index contributed by atoms with van der Waals surface area (Å²) in [5.41, 5.74) is 1.96. The highest BCUT2D eigenvalue weighted by Gasteiger charge is 2.73. The van der Waals surface area contributed by atoms with Crippen LogP contribution in [0.2, 0.25) is 0 Å². The maximum absolute atomic E-state index is 10.9. The highest BCUT2D eigenvalue weighted by molar-refractivity contribution is 5.22. The monoisotopic (exact) mass is 442 g/mol. The van der Waals surface area contributed by atoms with Gasteiger partial charge in [-0.05, 0) is 121 Å². The molecule has 0 amide bonds. The van der Waals surface area contributed by atoms with E-state index < -0.39 is 0 Å². The van der Waals surface area contributed by atoms with Gasteiger partial charge in [-0.25, -0.2) is 0 Å². The van der Waals surface area contributed by atoms with E-state index in [4.69, 9.17) is 4.74 Å². The Kier molecular flexibility index (Phi) is 4.32. The van der Waals surface area contributed by atoms with Crippen LogP contribution in [-0.2, 0) is 4.74 Å². The third-order valence-corrected chi connectivity index (χ3v) is 14.4. The summed E-state index contributed by atoms with van der Waals surface area (Å²) in [4.78, 5) is 0. The van der Waals surface area contributed by atoms with Crippen molar-refractivity contribution in [2.24, 2.45) is 56.7 Å². The van der Waals surface area contributed by atoms with Crippen LogP contribution in [0, 0.1) is 56.7 Å². The number of fused-ring (bicyclic) bond motifs is 8. The van der Waals surface area contributed by atoms with Crippen LogP contribution >= 0.6 is 0 Å². The zero-order valence-corrected chi connectivity index (χ0v) is 22.3. The molecular weight excluding hydrogens is 392 g/mol. The molecule has 1 heterocycles. The Balaban J connectivity index is 1.39. The molecule has 5 saturated carbocycles. The summed E-state index contributed by atoms with van der Waals surface area (Å²) in [6, 6.07) is 0. The van der Waals surface area contributed by atoms with Gasteiger partial charge >= 0.3 is 0 Å². The van der Waals surface area contributed by atoms with E-state index >= 15 is 0 Å². The maximum Gasteiger partial charge on any atom is 0.0948 e. The fraction of sp³-hybridized carbons (Fsp3) is 1.00. The minimum absolute atomic E-state index is 0.0576. The average Bonchev–Trinajstić information content (AvgIpc) is 3.37. The molecule has 32 heavy (non-hydrogen) atoms. The molecular formula is C30H50O2. The van der Waals surface area contributed by atoms with Crippen LogP contribution in [0.15, 0.2) is 0 Å². The van der Waals surface area contributed by atoms with E-state index in [1.54, 1.807) is 0 Å². The van der Waals surface area contributed by atoms with Crippen LogP contribution in [0.4, 0.5) is 0 Å². The van der Waals surface area contributed by atoms with Crippen LogP contribution in [0.25, 0.3) is 0 Å². The van der Waals surface area contributed by atoms with Crippen molar-refractivity contribution in [1.82, 2.24) is 0 Å². The second kappa shape index (κ2) is 6.18. The molecule has 1 aliphatic heterocycles. The molecule has 2 nitrogen and oxygen atoms in total. The molecule has 1 saturated heterocycles. The molecule has 12 atom stereocenters. The Morgan fingerprint density at radius 3 is 2.19 bits per heavy atom. The Bertz CT molecular complexity index is 820. The summed E-state index contributed by atoms with van der Waals surface area (Å²) in [6.45, 7) is 20.5. The van der Waals surface area contributed by atoms with Crippen molar-refractivity contribution in [2.45, 2.75) is 131 Å². The Morgan fingerprint density at radius 2 is 1.47 bits per heavy atom. The van der Waals surface area contributed by atoms with Gasteiger partial charge in [0.1, 0.15) is 0 Å². The first kappa shape index (κ1) is 22.4. The third kappa shape index (κ3) is 2.36. The van der Waals surface area contributed by atoms with Crippen molar-refractivity contribution in [2.75, 3.05) is 0 Å². The lowest BCUT2D eigenvalue weighted by Crippen LogP contribution is -2.67. The lowest BCUT2D eigenvalue weighted by Gasteiger charge is -2.73. The van der Waals surface area contributed by atoms with Crippen molar-refractivity contribution in [1.29, 1.82) is 0 Å². The topological polar surface area (TPSA) is 32.8 Å². The lowest BCUT2D eigenvalue weighted by atomic mass is 9.31. The molecule has 0 aromatic heterocycles. The van der Waals surface area contributed by atoms with Crippen molar-refractivity contribution >= 4 is 0 Å². The minimum Gasteiger partial charge on any atom is -0.393 e. The summed E-state index contributed by atoms with van der Waals surface area (Å²) in [6.07, 6.45) is 12.3. The zero-order valence-electron chi connectivity index (χ0n) is 22.3. The zero-order chi connectivity index (χ0) is 23.1. The second-order valence-corrected chi connectivity index (χ2v) is 15.5. The van der Waals surface area contributed by atoms with E-state index in [0.29, 0.717) is 39.6 Å². The van der Waals surface area contributed by atoms with Crippen LogP contribution < -0.4 is 0 Å². The predicted octanol–water partition coefficient (Wildman–Crippen LogP) is 7.24. The van der Waals surface area contributed by atoms with Gasteiger partial charge in [0.25, 0.3) is 0 Å². The van der Waals surface area contributed by atoms with E-state index in [-0.39, 0.29) is 17.1 Å². The SMILES string of the molecule is C[C@H]1[C@H]2[C@H]3CC[C@@H]4[C@@]5(C)CC[C@H](O)C(C)(C)[C@@H]5CC[C@@]4(C)[C@]3(C)CC[C@@]2(C)C[C@H]2O[C@]21C. The molecule has 0 unspecified atom stereocenters. The van der Waals surface area contributed by atoms with E-state index in [0.717, 1.165) is 24.2 Å². The van der Waals surface area contributed by atoms with Crippen molar-refractivity contribution < 1.29 is 9.84 Å². The average molecular weight is 443 g/mol. The molecule has 6 rings (SSSR count). The van der Waals surface area contributed by atoms with Gasteiger partial charge < -0.3 is 9.84 Å². The molecule has 0 radical (unpaired) electrons. The molecule has 182 valence electrons. The first-order valence-corrected chi connectivity index (χ1v) is 14.1. The Labute approximate surface area is 197 Å². The largest absolute Gasteiger partial charge is 0.393 e. The number of aliphatic hydroxyl groups excluding tert-OH is 1. The first-order chi connectivity index (χ1) is 14.7. The lowest BCUT2D eigenvalue weighted by molar-refractivity contribution is -0.254. The summed E-state index contributed by atoms with van der Waals surface area (Å²) in [5.74, 6) is 3.83. The summed E-state index contributed by atoms with van der Waals surface area (Å²) >= 11 is 0. The van der Waals surface area contributed by atoms with Gasteiger partial charge in [0.2, 0.25) is 0 Å². The van der Waals surface area contributed by atoms with Gasteiger partial charge in [-0.15, -0.1) is 0 Å². The Morgan fingerprint density at radius 1 is 0.750 bits per heavy atom. The van der Waals surface area contributed by atoms with Gasteiger partial charge in [-0.3, -0.25) is 0 Å². The minimum atomic E-state index is -0.123. The van der Waals surface area contributed by atoms with E-state index in [1.807, 2.05) is 0 Å². The molecule has 0 aromatic rings. The number of rotatable bonds is 0. The van der Waals surface area contributed by atoms with Crippen molar-refractivity contribution in [3.05, 3.63) is 0 Å². The summed E-state index contributed by atoms with van der Waals surface area (Å²) in [7, 11) is 0. The van der Waals surface area contributed by atoms with Crippen LogP contribution in [0.3, 0.4) is 0 Å². The second-order valence-electron chi connectivity index (χ2n) is 15.5. The molecule has 5 aliphatic carbocycles. The summed E-state index contributed by atoms with van der Waals surface area (Å²) in [5, 5.41) is 10.9. The quantitative estimate of drug-likeness (QED) is 0.401. The van der Waals surface area contributed by atoms with Crippen LogP contribution in [-0.4, -0.2) is 22.9 Å². The van der Waals surface area contributed by atoms with Gasteiger partial charge in [0.15, 0.2) is 0 Å². The first-order valence-electron chi connectivity index (χ1n) is 14.1. The van der Waals surface area contributed by atoms with Crippen molar-refractivity contribution in [3.63, 3.8) is 0 Å². The molecule has 6 fully saturated rings. The predicted molar refractivity (Wildman–Crippen MR) is 130 cm³/mol. The molecule has 0 bridgehead atoms. The van der Waals surface area contributed by atoms with E-state index in [2.05, 4.69) is 55.4 Å². The Hall–Kier alpha value is -0.0800. The highest BCUT2D eigenvalue weighted by atomic mass is 16.6. The number of aliphatic hydroxyl groups is 1. The van der Waals surface area contributed by atoms with E-state index in [9.17, 15) is 5.11 Å². The van der Waals surface area contributed by atoms with Gasteiger partial charge in [0, 0.05) is 0 Å². The van der Waals surface area contributed by atoms with Crippen LogP contribution in [0.5, 0.6) is 0 Å². The van der Waals surface area contributed by atoms with Gasteiger partial charge in [0.05, 0.1) is 17.8 Å². The fourth-order valence-electron chi connectivity index (χ4n) is 12.1. The standard InChI is InChI=1S/C30H50O2/c1-18-24-19-9-10-21-27(5)13-12-22(31)25(2,3)20(27)11-14-29(21,7)28(19,6)16-15-26(24,4)17-23-30(18,8)32-23/h18-24,31H,9-17H2,1-8H3/t18-,19+,20-,21+,22-,23+,24-,26-,27-,28+,29+,30-/m0/s1. The number of epoxide rings is 1.